The third-order valence-electron chi connectivity index (χ3n) is 3.70. The van der Waals surface area contributed by atoms with E-state index in [4.69, 9.17) is 9.47 Å². The molecule has 6 nitrogen and oxygen atoms in total. The summed E-state index contributed by atoms with van der Waals surface area (Å²) in [7, 11) is 0. The third-order valence-corrected chi connectivity index (χ3v) is 3.70. The number of carbonyl (C=O) groups is 3. The van der Waals surface area contributed by atoms with E-state index in [-0.39, 0.29) is 12.2 Å². The van der Waals surface area contributed by atoms with Gasteiger partial charge in [-0.1, -0.05) is 60.7 Å². The van der Waals surface area contributed by atoms with Gasteiger partial charge in [0.15, 0.2) is 12.4 Å². The van der Waals surface area contributed by atoms with E-state index in [2.05, 4.69) is 5.32 Å². The van der Waals surface area contributed by atoms with Crippen LogP contribution in [0.5, 0.6) is 0 Å². The van der Waals surface area contributed by atoms with Gasteiger partial charge < -0.3 is 14.8 Å². The second kappa shape index (κ2) is 9.69. The van der Waals surface area contributed by atoms with Gasteiger partial charge in [0.2, 0.25) is 0 Å². The van der Waals surface area contributed by atoms with Crippen molar-refractivity contribution in [2.45, 2.75) is 38.8 Å². The summed E-state index contributed by atoms with van der Waals surface area (Å²) < 4.78 is 10.4. The number of Topliss-reactive ketones (excluding diaryl/α,β-unsaturated/α-hetero) is 1. The Hall–Kier alpha value is -3.15. The largest absolute Gasteiger partial charge is 0.456 e. The second-order valence-corrected chi connectivity index (χ2v) is 7.29. The summed E-state index contributed by atoms with van der Waals surface area (Å²) in [4.78, 5) is 36.8. The molecule has 1 N–H and O–H groups in total. The van der Waals surface area contributed by atoms with Crippen molar-refractivity contribution in [1.29, 1.82) is 0 Å². The highest BCUT2D eigenvalue weighted by Crippen LogP contribution is 2.10. The van der Waals surface area contributed by atoms with Crippen LogP contribution in [0.25, 0.3) is 0 Å². The molecule has 0 fully saturated rings. The fourth-order valence-corrected chi connectivity index (χ4v) is 2.44. The fourth-order valence-electron chi connectivity index (χ4n) is 2.44. The SMILES string of the molecule is CC(C)(C)OC(=O)NC(Cc1ccccc1)C(=O)OCC(=O)c1ccccc1. The molecule has 6 heteroatoms. The van der Waals surface area contributed by atoms with Crippen molar-refractivity contribution in [2.24, 2.45) is 0 Å². The standard InChI is InChI=1S/C22H25NO5/c1-22(2,3)28-21(26)23-18(14-16-10-6-4-7-11-16)20(25)27-15-19(24)17-12-8-5-9-13-17/h4-13,18H,14-15H2,1-3H3,(H,23,26). The molecule has 28 heavy (non-hydrogen) atoms. The average molecular weight is 383 g/mol. The molecule has 148 valence electrons. The molecule has 0 saturated carbocycles. The number of hydrogen-bond donors (Lipinski definition) is 1. The Morgan fingerprint density at radius 1 is 0.929 bits per heavy atom. The van der Waals surface area contributed by atoms with Crippen LogP contribution in [0.4, 0.5) is 4.79 Å². The number of amides is 1. The van der Waals surface area contributed by atoms with E-state index in [1.807, 2.05) is 30.3 Å². The van der Waals surface area contributed by atoms with Crippen LogP contribution in [-0.2, 0) is 20.7 Å². The number of benzene rings is 2. The molecule has 2 rings (SSSR count). The molecular formula is C22H25NO5. The van der Waals surface area contributed by atoms with Gasteiger partial charge in [-0.25, -0.2) is 9.59 Å². The molecule has 0 radical (unpaired) electrons. The van der Waals surface area contributed by atoms with Gasteiger partial charge in [0.25, 0.3) is 0 Å². The van der Waals surface area contributed by atoms with Crippen LogP contribution in [0.1, 0.15) is 36.7 Å². The average Bonchev–Trinajstić information content (AvgIpc) is 2.65. The van der Waals surface area contributed by atoms with E-state index >= 15 is 0 Å². The van der Waals surface area contributed by atoms with Crippen molar-refractivity contribution in [1.82, 2.24) is 5.32 Å². The third kappa shape index (κ3) is 7.23. The zero-order chi connectivity index (χ0) is 20.6. The molecule has 0 bridgehead atoms. The van der Waals surface area contributed by atoms with E-state index < -0.39 is 30.3 Å². The van der Waals surface area contributed by atoms with Crippen molar-refractivity contribution in [3.63, 3.8) is 0 Å². The zero-order valence-corrected chi connectivity index (χ0v) is 16.3. The molecule has 0 aliphatic rings. The number of rotatable bonds is 7. The number of alkyl carbamates (subject to hydrolysis) is 1. The monoisotopic (exact) mass is 383 g/mol. The Kier molecular flexibility index (Phi) is 7.32. The van der Waals surface area contributed by atoms with Crippen molar-refractivity contribution >= 4 is 17.8 Å². The first-order valence-electron chi connectivity index (χ1n) is 9.03. The lowest BCUT2D eigenvalue weighted by molar-refractivity contribution is -0.145. The molecule has 0 aliphatic heterocycles. The zero-order valence-electron chi connectivity index (χ0n) is 16.3. The summed E-state index contributed by atoms with van der Waals surface area (Å²) in [6, 6.07) is 16.8. The summed E-state index contributed by atoms with van der Waals surface area (Å²) in [5, 5.41) is 2.54. The Morgan fingerprint density at radius 2 is 1.50 bits per heavy atom. The van der Waals surface area contributed by atoms with Crippen LogP contribution in [-0.4, -0.2) is 36.1 Å². The van der Waals surface area contributed by atoms with Gasteiger partial charge in [0.05, 0.1) is 0 Å². The van der Waals surface area contributed by atoms with E-state index in [1.54, 1.807) is 51.1 Å². The molecule has 0 spiro atoms. The number of carbonyl (C=O) groups excluding carboxylic acids is 3. The molecule has 2 aromatic rings. The Balaban J connectivity index is 2.03. The van der Waals surface area contributed by atoms with Gasteiger partial charge in [-0.05, 0) is 26.3 Å². The summed E-state index contributed by atoms with van der Waals surface area (Å²) in [5.74, 6) is -1.01. The van der Waals surface area contributed by atoms with Crippen LogP contribution in [0.3, 0.4) is 0 Å². The minimum atomic E-state index is -0.971. The lowest BCUT2D eigenvalue weighted by Gasteiger charge is -2.23. The minimum absolute atomic E-state index is 0.221. The van der Waals surface area contributed by atoms with Crippen molar-refractivity contribution < 1.29 is 23.9 Å². The van der Waals surface area contributed by atoms with Crippen molar-refractivity contribution in [3.05, 3.63) is 71.8 Å². The van der Waals surface area contributed by atoms with E-state index in [9.17, 15) is 14.4 Å². The summed E-state index contributed by atoms with van der Waals surface area (Å²) in [5.41, 5.74) is 0.596. The molecule has 0 heterocycles. The minimum Gasteiger partial charge on any atom is -0.456 e. The lowest BCUT2D eigenvalue weighted by atomic mass is 10.1. The maximum Gasteiger partial charge on any atom is 0.408 e. The van der Waals surface area contributed by atoms with Gasteiger partial charge in [0, 0.05) is 12.0 Å². The first kappa shape index (κ1) is 21.2. The second-order valence-electron chi connectivity index (χ2n) is 7.29. The highest BCUT2D eigenvalue weighted by atomic mass is 16.6. The predicted molar refractivity (Wildman–Crippen MR) is 105 cm³/mol. The van der Waals surface area contributed by atoms with Crippen LogP contribution >= 0.6 is 0 Å². The Bertz CT molecular complexity index is 797. The number of nitrogens with one attached hydrogen (secondary N) is 1. The van der Waals surface area contributed by atoms with Gasteiger partial charge in [-0.15, -0.1) is 0 Å². The number of esters is 1. The molecule has 0 aromatic heterocycles. The number of ether oxygens (including phenoxy) is 2. The normalized spacial score (nSPS) is 12.0. The lowest BCUT2D eigenvalue weighted by Crippen LogP contribution is -2.45. The van der Waals surface area contributed by atoms with Crippen LogP contribution in [0.2, 0.25) is 0 Å². The first-order chi connectivity index (χ1) is 13.2. The van der Waals surface area contributed by atoms with Gasteiger partial charge in [0.1, 0.15) is 11.6 Å². The molecule has 1 atom stereocenters. The Labute approximate surface area is 164 Å². The van der Waals surface area contributed by atoms with Gasteiger partial charge in [-0.2, -0.15) is 0 Å². The summed E-state index contributed by atoms with van der Waals surface area (Å²) in [6.07, 6.45) is -0.502. The number of ketones is 1. The van der Waals surface area contributed by atoms with E-state index in [0.717, 1.165) is 5.56 Å². The van der Waals surface area contributed by atoms with E-state index in [0.29, 0.717) is 5.56 Å². The van der Waals surface area contributed by atoms with Crippen molar-refractivity contribution in [2.75, 3.05) is 6.61 Å². The van der Waals surface area contributed by atoms with E-state index in [1.165, 1.54) is 0 Å². The molecule has 2 aromatic carbocycles. The van der Waals surface area contributed by atoms with Crippen LogP contribution in [0.15, 0.2) is 60.7 Å². The molecule has 0 aliphatic carbocycles. The highest BCUT2D eigenvalue weighted by molar-refractivity contribution is 5.98. The summed E-state index contributed by atoms with van der Waals surface area (Å²) in [6.45, 7) is 4.80. The first-order valence-corrected chi connectivity index (χ1v) is 9.03. The van der Waals surface area contributed by atoms with Crippen LogP contribution in [0, 0.1) is 0 Å². The van der Waals surface area contributed by atoms with Gasteiger partial charge in [-0.3, -0.25) is 4.79 Å². The maximum atomic E-state index is 12.5. The molecule has 1 amide bonds. The summed E-state index contributed by atoms with van der Waals surface area (Å²) >= 11 is 0. The molecule has 1 unspecified atom stereocenters. The molecule has 0 saturated heterocycles. The topological polar surface area (TPSA) is 81.7 Å². The fraction of sp³-hybridized carbons (Fsp3) is 0.318. The number of hydrogen-bond acceptors (Lipinski definition) is 5. The highest BCUT2D eigenvalue weighted by Gasteiger charge is 2.26. The van der Waals surface area contributed by atoms with Crippen LogP contribution < -0.4 is 5.32 Å². The quantitative estimate of drug-likeness (QED) is 0.584. The Morgan fingerprint density at radius 3 is 2.07 bits per heavy atom. The van der Waals surface area contributed by atoms with Crippen molar-refractivity contribution in [3.8, 4) is 0 Å². The smallest absolute Gasteiger partial charge is 0.408 e. The molecular weight excluding hydrogens is 358 g/mol. The van der Waals surface area contributed by atoms with Gasteiger partial charge >= 0.3 is 12.1 Å². The maximum absolute atomic E-state index is 12.5. The predicted octanol–water partition coefficient (Wildman–Crippen LogP) is 3.55.